The number of rotatable bonds is 12. The summed E-state index contributed by atoms with van der Waals surface area (Å²) in [4.78, 5) is 25.6. The van der Waals surface area contributed by atoms with E-state index in [1.165, 1.54) is 63.7 Å². The predicted octanol–water partition coefficient (Wildman–Crippen LogP) is 10.1. The van der Waals surface area contributed by atoms with Crippen LogP contribution in [0, 0.1) is 0 Å². The molecule has 0 aliphatic carbocycles. The minimum atomic E-state index is -5.39. The first-order valence-electron chi connectivity index (χ1n) is 26.3. The summed E-state index contributed by atoms with van der Waals surface area (Å²) in [7, 11) is -11.1. The van der Waals surface area contributed by atoms with E-state index < -0.39 is 29.6 Å². The Morgan fingerprint density at radius 2 is 0.225 bits per heavy atom. The molecule has 12 aromatic rings. The second-order valence-electron chi connectivity index (χ2n) is 18.5. The predicted molar refractivity (Wildman–Crippen MR) is 341 cm³/mol. The van der Waals surface area contributed by atoms with Crippen LogP contribution in [0.1, 0.15) is 0 Å². The molecule has 0 radical (unpaired) electrons. The number of hydrogen-bond donors (Lipinski definition) is 0. The lowest BCUT2D eigenvalue weighted by Gasteiger charge is -2.36. The van der Waals surface area contributed by atoms with Crippen molar-refractivity contribution in [2.75, 3.05) is 0 Å². The molecule has 392 valence electrons. The van der Waals surface area contributed by atoms with Crippen molar-refractivity contribution in [3.63, 3.8) is 0 Å². The van der Waals surface area contributed by atoms with Crippen molar-refractivity contribution in [2.45, 2.75) is 0 Å². The van der Waals surface area contributed by atoms with E-state index in [-0.39, 0.29) is 0 Å². The minimum absolute atomic E-state index is 1.39. The fraction of sp³-hybridized carbons (Fsp3) is 0. The fourth-order valence-electron chi connectivity index (χ4n) is 10.5. The third-order valence-electron chi connectivity index (χ3n) is 13.7. The second kappa shape index (κ2) is 27.8. The van der Waals surface area contributed by atoms with E-state index in [0.717, 1.165) is 0 Å². The van der Waals surface area contributed by atoms with Crippen LogP contribution in [-0.4, -0.2) is 0 Å². The zero-order valence-electron chi connectivity index (χ0n) is 44.1. The largest absolute Gasteiger partial charge is 0.822 e. The van der Waals surface area contributed by atoms with Gasteiger partial charge >= 0.3 is 0 Å². The molecule has 0 N–H and O–H groups in total. The summed E-state index contributed by atoms with van der Waals surface area (Å²) in [6.45, 7) is 0. The molecule has 0 fully saturated rings. The van der Waals surface area contributed by atoms with Gasteiger partial charge in [0.05, 0.1) is 0 Å². The highest BCUT2D eigenvalue weighted by Crippen LogP contribution is 2.56. The first-order chi connectivity index (χ1) is 39.3. The lowest BCUT2D eigenvalue weighted by atomic mass is 10.3. The summed E-state index contributed by atoms with van der Waals surface area (Å²) >= 11 is 0. The Morgan fingerprint density at radius 1 is 0.163 bits per heavy atom. The second-order valence-corrected chi connectivity index (χ2v) is 29.6. The normalized spacial score (nSPS) is 11.2. The van der Waals surface area contributed by atoms with E-state index in [2.05, 4.69) is 364 Å². The average Bonchev–Trinajstić information content (AvgIpc) is 3.64. The minimum Gasteiger partial charge on any atom is -0.822 e. The Morgan fingerprint density at radius 3 is 0.287 bits per heavy atom. The van der Waals surface area contributed by atoms with Crippen LogP contribution < -0.4 is 78.3 Å². The third-order valence-corrected chi connectivity index (χ3v) is 26.6. The molecule has 0 heterocycles. The monoisotopic (exact) mass is 1110 g/mol. The Balaban J connectivity index is 0.000000139. The molecule has 0 saturated carbocycles. The Kier molecular flexibility index (Phi) is 19.7. The van der Waals surface area contributed by atoms with Gasteiger partial charge in [-0.1, -0.05) is 218 Å². The Hall–Kier alpha value is -7.96. The standard InChI is InChI=1S/3C24H20P.H3O4P/c3*1-5-13-21(14-6-1)25(22-15-7-2-8-16-22,23-17-9-3-10-18-23)24-19-11-4-12-20-24;1-5(2,3)4/h3*1-20H;(H3,1,2,3,4)/q3*+1;/p-3. The maximum Gasteiger partial charge on any atom is 0.144 e. The zero-order valence-corrected chi connectivity index (χ0v) is 47.6. The SMILES string of the molecule is O=P([O-])([O-])[O-].c1ccc([P+](c2ccccc2)(c2ccccc2)c2ccccc2)cc1.c1ccc([P+](c2ccccc2)(c2ccccc2)c2ccccc2)cc1.c1ccc([P+](c2ccccc2)(c2ccccc2)c2ccccc2)cc1. The van der Waals surface area contributed by atoms with E-state index in [1.807, 2.05) is 0 Å². The molecule has 0 spiro atoms. The molecule has 0 unspecified atom stereocenters. The highest BCUT2D eigenvalue weighted by Gasteiger charge is 2.50. The van der Waals surface area contributed by atoms with Gasteiger partial charge in [0.25, 0.3) is 0 Å². The van der Waals surface area contributed by atoms with Crippen LogP contribution in [0.25, 0.3) is 0 Å². The van der Waals surface area contributed by atoms with E-state index >= 15 is 0 Å². The summed E-state index contributed by atoms with van der Waals surface area (Å²) in [6, 6.07) is 131. The van der Waals surface area contributed by atoms with Gasteiger partial charge in [-0.15, -0.1) is 0 Å². The van der Waals surface area contributed by atoms with Crippen molar-refractivity contribution in [1.29, 1.82) is 0 Å². The molecule has 0 bridgehead atoms. The highest BCUT2D eigenvalue weighted by molar-refractivity contribution is 8.02. The molecule has 12 aromatic carbocycles. The molecule has 0 aliphatic rings. The van der Waals surface area contributed by atoms with Gasteiger partial charge in [0.1, 0.15) is 85.4 Å². The molecule has 4 nitrogen and oxygen atoms in total. The van der Waals surface area contributed by atoms with Gasteiger partial charge in [-0.05, 0) is 146 Å². The lowest BCUT2D eigenvalue weighted by Crippen LogP contribution is -2.38. The molecule has 8 heteroatoms. The molecule has 0 saturated heterocycles. The van der Waals surface area contributed by atoms with E-state index in [1.54, 1.807) is 0 Å². The summed E-state index contributed by atoms with van der Waals surface area (Å²) in [6.07, 6.45) is 0. The molecular formula is C72H60O4P4. The van der Waals surface area contributed by atoms with Crippen molar-refractivity contribution in [3.05, 3.63) is 364 Å². The molecule has 0 atom stereocenters. The average molecular weight is 1110 g/mol. The molecule has 80 heavy (non-hydrogen) atoms. The van der Waals surface area contributed by atoms with Gasteiger partial charge in [-0.2, -0.15) is 7.82 Å². The molecule has 0 aromatic heterocycles. The third kappa shape index (κ3) is 13.0. The molecule has 0 aliphatic heterocycles. The summed E-state index contributed by atoms with van der Waals surface area (Å²) in [5.74, 6) is 0. The van der Waals surface area contributed by atoms with Crippen LogP contribution >= 0.6 is 29.6 Å². The van der Waals surface area contributed by atoms with Gasteiger partial charge in [-0.3, -0.25) is 0 Å². The quantitative estimate of drug-likeness (QED) is 0.114. The number of phosphoric acid groups is 1. The van der Waals surface area contributed by atoms with Gasteiger partial charge in [0.2, 0.25) is 0 Å². The lowest BCUT2D eigenvalue weighted by molar-refractivity contribution is -0.432. The van der Waals surface area contributed by atoms with Crippen molar-refractivity contribution in [1.82, 2.24) is 0 Å². The maximum atomic E-state index is 8.55. The van der Waals surface area contributed by atoms with Crippen molar-refractivity contribution in [2.24, 2.45) is 0 Å². The van der Waals surface area contributed by atoms with Crippen LogP contribution in [0.3, 0.4) is 0 Å². The Bertz CT molecular complexity index is 2840. The van der Waals surface area contributed by atoms with Crippen LogP contribution in [0.15, 0.2) is 364 Å². The topological polar surface area (TPSA) is 86.2 Å². The van der Waals surface area contributed by atoms with Crippen molar-refractivity contribution >= 4 is 93.3 Å². The molecular weight excluding hydrogens is 1050 g/mol. The first-order valence-corrected chi connectivity index (χ1v) is 33.2. The van der Waals surface area contributed by atoms with Gasteiger partial charge in [0, 0.05) is 0 Å². The molecule has 0 amide bonds. The summed E-state index contributed by atoms with van der Waals surface area (Å²) < 4.78 is 8.55. The maximum absolute atomic E-state index is 8.55. The van der Waals surface area contributed by atoms with E-state index in [0.29, 0.717) is 0 Å². The van der Waals surface area contributed by atoms with Gasteiger partial charge in [0.15, 0.2) is 0 Å². The van der Waals surface area contributed by atoms with Crippen LogP contribution in [0.4, 0.5) is 0 Å². The van der Waals surface area contributed by atoms with Gasteiger partial charge in [-0.25, -0.2) is 0 Å². The Labute approximate surface area is 473 Å². The summed E-state index contributed by atoms with van der Waals surface area (Å²) in [5, 5.41) is 16.7. The number of hydrogen-bond acceptors (Lipinski definition) is 4. The van der Waals surface area contributed by atoms with Crippen molar-refractivity contribution in [3.8, 4) is 0 Å². The number of benzene rings is 12. The van der Waals surface area contributed by atoms with Crippen LogP contribution in [0.2, 0.25) is 0 Å². The van der Waals surface area contributed by atoms with E-state index in [4.69, 9.17) is 19.2 Å². The fourth-order valence-corrected chi connectivity index (χ4v) is 23.3. The van der Waals surface area contributed by atoms with Crippen molar-refractivity contribution < 1.29 is 19.2 Å². The van der Waals surface area contributed by atoms with E-state index in [9.17, 15) is 0 Å². The van der Waals surface area contributed by atoms with Crippen LogP contribution in [-0.2, 0) is 4.57 Å². The zero-order chi connectivity index (χ0) is 55.4. The van der Waals surface area contributed by atoms with Crippen LogP contribution in [0.5, 0.6) is 0 Å². The highest BCUT2D eigenvalue weighted by atomic mass is 31.2. The molecule has 12 rings (SSSR count). The van der Waals surface area contributed by atoms with Gasteiger partial charge < -0.3 is 19.2 Å². The summed E-state index contributed by atoms with van der Waals surface area (Å²) in [5.41, 5.74) is 0. The smallest absolute Gasteiger partial charge is 0.144 e. The first kappa shape index (κ1) is 56.7.